The van der Waals surface area contributed by atoms with E-state index in [4.69, 9.17) is 30.8 Å². The molecule has 5 nitrogen and oxygen atoms in total. The second-order valence-corrected chi connectivity index (χ2v) is 8.02. The molecule has 0 N–H and O–H groups in total. The Morgan fingerprint density at radius 1 is 0.906 bits per heavy atom. The van der Waals surface area contributed by atoms with Crippen molar-refractivity contribution in [1.82, 2.24) is 9.55 Å². The molecule has 4 aromatic rings. The van der Waals surface area contributed by atoms with Crippen molar-refractivity contribution in [3.8, 4) is 28.6 Å². The van der Waals surface area contributed by atoms with Crippen molar-refractivity contribution in [3.63, 3.8) is 0 Å². The second kappa shape index (κ2) is 9.96. The molecule has 0 spiro atoms. The third-order valence-electron chi connectivity index (χ3n) is 5.47. The van der Waals surface area contributed by atoms with E-state index in [2.05, 4.69) is 10.6 Å². The predicted molar refractivity (Wildman–Crippen MR) is 129 cm³/mol. The summed E-state index contributed by atoms with van der Waals surface area (Å²) in [6, 6.07) is 19.9. The lowest BCUT2D eigenvalue weighted by Crippen LogP contribution is -2.04. The zero-order chi connectivity index (χ0) is 22.5. The maximum Gasteiger partial charge on any atom is 0.161 e. The van der Waals surface area contributed by atoms with E-state index in [1.807, 2.05) is 61.5 Å². The SMILES string of the molecule is COc1ccc(-c2nc3ccccc3n2CCCCOc2ccc(Cl)c(C)c2)cc1OC. The third-order valence-corrected chi connectivity index (χ3v) is 5.89. The largest absolute Gasteiger partial charge is 0.494 e. The van der Waals surface area contributed by atoms with Crippen LogP contribution in [0.25, 0.3) is 22.4 Å². The average Bonchev–Trinajstić information content (AvgIpc) is 3.19. The van der Waals surface area contributed by atoms with Gasteiger partial charge in [-0.15, -0.1) is 0 Å². The highest BCUT2D eigenvalue weighted by Gasteiger charge is 2.14. The number of fused-ring (bicyclic) bond motifs is 1. The number of ether oxygens (including phenoxy) is 3. The second-order valence-electron chi connectivity index (χ2n) is 7.61. The number of aryl methyl sites for hydroxylation is 2. The van der Waals surface area contributed by atoms with Gasteiger partial charge in [-0.2, -0.15) is 0 Å². The molecule has 0 unspecified atom stereocenters. The highest BCUT2D eigenvalue weighted by molar-refractivity contribution is 6.31. The summed E-state index contributed by atoms with van der Waals surface area (Å²) in [4.78, 5) is 4.90. The summed E-state index contributed by atoms with van der Waals surface area (Å²) >= 11 is 6.09. The summed E-state index contributed by atoms with van der Waals surface area (Å²) in [5, 5.41) is 0.757. The standard InChI is InChI=1S/C26H27ClN2O3/c1-18-16-20(11-12-21(18)27)32-15-7-6-14-29-23-9-5-4-8-22(23)28-26(29)19-10-13-24(30-2)25(17-19)31-3/h4-5,8-13,16-17H,6-7,14-15H2,1-3H3. The van der Waals surface area contributed by atoms with Crippen LogP contribution in [0.15, 0.2) is 60.7 Å². The number of aromatic nitrogens is 2. The molecule has 0 saturated heterocycles. The summed E-state index contributed by atoms with van der Waals surface area (Å²) in [5.74, 6) is 3.16. The Hall–Kier alpha value is -3.18. The van der Waals surface area contributed by atoms with Crippen LogP contribution in [0.5, 0.6) is 17.2 Å². The highest BCUT2D eigenvalue weighted by atomic mass is 35.5. The molecule has 166 valence electrons. The molecule has 6 heteroatoms. The van der Waals surface area contributed by atoms with Crippen molar-refractivity contribution in [2.24, 2.45) is 0 Å². The van der Waals surface area contributed by atoms with Crippen molar-refractivity contribution < 1.29 is 14.2 Å². The maximum absolute atomic E-state index is 6.09. The highest BCUT2D eigenvalue weighted by Crippen LogP contribution is 2.33. The summed E-state index contributed by atoms with van der Waals surface area (Å²) in [6.45, 7) is 3.47. The van der Waals surface area contributed by atoms with Gasteiger partial charge in [-0.3, -0.25) is 0 Å². The number of hydrogen-bond donors (Lipinski definition) is 0. The minimum atomic E-state index is 0.652. The first-order chi connectivity index (χ1) is 15.6. The Morgan fingerprint density at radius 3 is 2.50 bits per heavy atom. The van der Waals surface area contributed by atoms with Crippen LogP contribution in [0, 0.1) is 6.92 Å². The van der Waals surface area contributed by atoms with Gasteiger partial charge in [-0.1, -0.05) is 23.7 Å². The number of imidazole rings is 1. The number of para-hydroxylation sites is 2. The molecule has 0 fully saturated rings. The molecule has 32 heavy (non-hydrogen) atoms. The van der Waals surface area contributed by atoms with Crippen LogP contribution in [0.2, 0.25) is 5.02 Å². The van der Waals surface area contributed by atoms with Gasteiger partial charge >= 0.3 is 0 Å². The Morgan fingerprint density at radius 2 is 1.72 bits per heavy atom. The Bertz CT molecular complexity index is 1220. The molecule has 0 saturated carbocycles. The Balaban J connectivity index is 1.50. The molecule has 0 aliphatic heterocycles. The number of benzene rings is 3. The lowest BCUT2D eigenvalue weighted by Gasteiger charge is -2.12. The van der Waals surface area contributed by atoms with Gasteiger partial charge in [-0.05, 0) is 73.9 Å². The van der Waals surface area contributed by atoms with Crippen molar-refractivity contribution in [3.05, 3.63) is 71.2 Å². The van der Waals surface area contributed by atoms with Gasteiger partial charge in [0.1, 0.15) is 11.6 Å². The van der Waals surface area contributed by atoms with E-state index < -0.39 is 0 Å². The molecule has 0 aliphatic carbocycles. The lowest BCUT2D eigenvalue weighted by atomic mass is 10.2. The molecule has 4 rings (SSSR count). The van der Waals surface area contributed by atoms with E-state index in [9.17, 15) is 0 Å². The van der Waals surface area contributed by atoms with E-state index in [1.54, 1.807) is 14.2 Å². The van der Waals surface area contributed by atoms with E-state index >= 15 is 0 Å². The van der Waals surface area contributed by atoms with Crippen LogP contribution in [-0.4, -0.2) is 30.4 Å². The minimum Gasteiger partial charge on any atom is -0.494 e. The quantitative estimate of drug-likeness (QED) is 0.271. The molecular weight excluding hydrogens is 424 g/mol. The normalized spacial score (nSPS) is 11.0. The predicted octanol–water partition coefficient (Wildman–Crippen LogP) is 6.54. The van der Waals surface area contributed by atoms with Gasteiger partial charge in [0.05, 0.1) is 31.9 Å². The zero-order valence-electron chi connectivity index (χ0n) is 18.6. The van der Waals surface area contributed by atoms with E-state index in [0.29, 0.717) is 18.1 Å². The third kappa shape index (κ3) is 4.68. The van der Waals surface area contributed by atoms with Gasteiger partial charge in [0, 0.05) is 17.1 Å². The Kier molecular flexibility index (Phi) is 6.86. The molecule has 0 atom stereocenters. The van der Waals surface area contributed by atoms with Gasteiger partial charge < -0.3 is 18.8 Å². The molecule has 3 aromatic carbocycles. The average molecular weight is 451 g/mol. The number of halogens is 1. The summed E-state index contributed by atoms with van der Waals surface area (Å²) in [7, 11) is 3.28. The van der Waals surface area contributed by atoms with Crippen molar-refractivity contribution in [2.45, 2.75) is 26.3 Å². The van der Waals surface area contributed by atoms with Crippen LogP contribution in [0.1, 0.15) is 18.4 Å². The Labute approximate surface area is 193 Å². The molecule has 0 bridgehead atoms. The molecular formula is C26H27ClN2O3. The smallest absolute Gasteiger partial charge is 0.161 e. The lowest BCUT2D eigenvalue weighted by molar-refractivity contribution is 0.303. The fourth-order valence-corrected chi connectivity index (χ4v) is 3.88. The van der Waals surface area contributed by atoms with Gasteiger partial charge in [0.2, 0.25) is 0 Å². The molecule has 1 heterocycles. The molecule has 0 aliphatic rings. The first kappa shape index (κ1) is 22.0. The number of rotatable bonds is 9. The van der Waals surface area contributed by atoms with Crippen LogP contribution in [0.4, 0.5) is 0 Å². The number of methoxy groups -OCH3 is 2. The van der Waals surface area contributed by atoms with Crippen LogP contribution < -0.4 is 14.2 Å². The first-order valence-corrected chi connectivity index (χ1v) is 11.0. The van der Waals surface area contributed by atoms with Gasteiger partial charge in [-0.25, -0.2) is 4.98 Å². The number of hydrogen-bond acceptors (Lipinski definition) is 4. The van der Waals surface area contributed by atoms with Crippen LogP contribution >= 0.6 is 11.6 Å². The first-order valence-electron chi connectivity index (χ1n) is 10.7. The van der Waals surface area contributed by atoms with E-state index in [1.165, 1.54) is 0 Å². The fourth-order valence-electron chi connectivity index (χ4n) is 3.77. The van der Waals surface area contributed by atoms with Crippen molar-refractivity contribution >= 4 is 22.6 Å². The molecule has 1 aromatic heterocycles. The summed E-state index contributed by atoms with van der Waals surface area (Å²) in [6.07, 6.45) is 1.90. The number of unbranched alkanes of at least 4 members (excludes halogenated alkanes) is 1. The van der Waals surface area contributed by atoms with E-state index in [-0.39, 0.29) is 0 Å². The van der Waals surface area contributed by atoms with Gasteiger partial charge in [0.25, 0.3) is 0 Å². The van der Waals surface area contributed by atoms with Crippen molar-refractivity contribution in [1.29, 1.82) is 0 Å². The zero-order valence-corrected chi connectivity index (χ0v) is 19.4. The molecule has 0 radical (unpaired) electrons. The van der Waals surface area contributed by atoms with Crippen LogP contribution in [-0.2, 0) is 6.54 Å². The monoisotopic (exact) mass is 450 g/mol. The number of nitrogens with zero attached hydrogens (tertiary/aromatic N) is 2. The van der Waals surface area contributed by atoms with Gasteiger partial charge in [0.15, 0.2) is 11.5 Å². The minimum absolute atomic E-state index is 0.652. The van der Waals surface area contributed by atoms with Crippen LogP contribution in [0.3, 0.4) is 0 Å². The fraction of sp³-hybridized carbons (Fsp3) is 0.269. The summed E-state index contributed by atoms with van der Waals surface area (Å²) in [5.41, 5.74) is 4.11. The summed E-state index contributed by atoms with van der Waals surface area (Å²) < 4.78 is 19.1. The topological polar surface area (TPSA) is 45.5 Å². The maximum atomic E-state index is 6.09. The van der Waals surface area contributed by atoms with E-state index in [0.717, 1.165) is 58.1 Å². The molecule has 0 amide bonds. The van der Waals surface area contributed by atoms with Crippen molar-refractivity contribution in [2.75, 3.05) is 20.8 Å².